The van der Waals surface area contributed by atoms with Gasteiger partial charge in [-0.3, -0.25) is 4.90 Å². The predicted molar refractivity (Wildman–Crippen MR) is 302 cm³/mol. The SMILES string of the molecule is CCCCN(CCCC)c1nc(C(C)N(CCCCCCN(c2nc(N(CCCC)C(CC)CC(C)(C)C)nc(C(C)(C)N)n2)C(C)C)C2CC(C)(C)NC(C)(C)C2)nc(N(CCCC)CCCC)n1. The van der Waals surface area contributed by atoms with Crippen LogP contribution in [0.15, 0.2) is 0 Å². The number of aromatic nitrogens is 6. The van der Waals surface area contributed by atoms with Crippen LogP contribution >= 0.6 is 0 Å². The van der Waals surface area contributed by atoms with Crippen molar-refractivity contribution in [2.75, 3.05) is 65.4 Å². The van der Waals surface area contributed by atoms with Crippen LogP contribution in [-0.4, -0.2) is 110 Å². The maximum Gasteiger partial charge on any atom is 0.230 e. The van der Waals surface area contributed by atoms with E-state index < -0.39 is 5.54 Å². The molecule has 1 aliphatic rings. The minimum atomic E-state index is -0.698. The van der Waals surface area contributed by atoms with Gasteiger partial charge in [0.25, 0.3) is 0 Å². The standard InChI is InChI=1S/C57H111N13/c1-19-25-34-66(35-26-20-2)50-59-48(60-51(63-50)67(36-27-21-3)37-28-22-4)45(9)69(47-42-55(13,14)65-56(15,16)43-47)40-33-31-30-32-39-68(44(7)8)52-61-49(57(17,18)58)62-53(64-52)70(38-29-23-5)46(24-6)41-54(10,11)12/h44-47,65H,19-43,58H2,1-18H3. The first kappa shape index (κ1) is 61.4. The van der Waals surface area contributed by atoms with Crippen molar-refractivity contribution in [3.8, 4) is 0 Å². The van der Waals surface area contributed by atoms with E-state index in [9.17, 15) is 0 Å². The van der Waals surface area contributed by atoms with Gasteiger partial charge in [-0.25, -0.2) is 0 Å². The van der Waals surface area contributed by atoms with Gasteiger partial charge in [0.05, 0.1) is 11.6 Å². The van der Waals surface area contributed by atoms with Gasteiger partial charge < -0.3 is 30.7 Å². The maximum atomic E-state index is 6.80. The first-order valence-electron chi connectivity index (χ1n) is 28.8. The van der Waals surface area contributed by atoms with Gasteiger partial charge in [-0.1, -0.05) is 107 Å². The van der Waals surface area contributed by atoms with E-state index in [1.54, 1.807) is 0 Å². The Kier molecular flexibility index (Phi) is 25.5. The van der Waals surface area contributed by atoms with E-state index in [1.165, 1.54) is 0 Å². The van der Waals surface area contributed by atoms with Gasteiger partial charge in [-0.05, 0) is 145 Å². The lowest BCUT2D eigenvalue weighted by Gasteiger charge is -2.51. The molecule has 3 rings (SSSR count). The molecular formula is C57H111N13. The van der Waals surface area contributed by atoms with Crippen LogP contribution in [0, 0.1) is 5.41 Å². The largest absolute Gasteiger partial charge is 0.341 e. The summed E-state index contributed by atoms with van der Waals surface area (Å²) in [6.07, 6.45) is 20.0. The Labute approximate surface area is 431 Å². The summed E-state index contributed by atoms with van der Waals surface area (Å²) in [6, 6.07) is 0.985. The number of nitrogens with two attached hydrogens (primary N) is 1. The number of nitrogens with zero attached hydrogens (tertiary/aromatic N) is 11. The number of hydrogen-bond donors (Lipinski definition) is 2. The monoisotopic (exact) mass is 978 g/mol. The van der Waals surface area contributed by atoms with Crippen LogP contribution in [0.3, 0.4) is 0 Å². The molecule has 0 aliphatic carbocycles. The van der Waals surface area contributed by atoms with Crippen LogP contribution in [0.2, 0.25) is 0 Å². The van der Waals surface area contributed by atoms with Crippen molar-refractivity contribution in [1.82, 2.24) is 40.1 Å². The molecular weight excluding hydrogens is 867 g/mol. The molecule has 13 nitrogen and oxygen atoms in total. The predicted octanol–water partition coefficient (Wildman–Crippen LogP) is 13.0. The third kappa shape index (κ3) is 20.2. The number of unbranched alkanes of at least 4 members (excludes halogenated alkanes) is 8. The summed E-state index contributed by atoms with van der Waals surface area (Å²) in [6.45, 7) is 47.8. The number of nitrogens with one attached hydrogen (secondary N) is 1. The molecule has 3 heterocycles. The summed E-state index contributed by atoms with van der Waals surface area (Å²) in [7, 11) is 0. The van der Waals surface area contributed by atoms with Gasteiger partial charge in [0.15, 0.2) is 11.6 Å². The highest BCUT2D eigenvalue weighted by Gasteiger charge is 2.42. The lowest BCUT2D eigenvalue weighted by molar-refractivity contribution is 0.0392. The van der Waals surface area contributed by atoms with Crippen molar-refractivity contribution in [2.45, 2.75) is 281 Å². The number of rotatable bonds is 34. The normalized spacial score (nSPS) is 16.2. The van der Waals surface area contributed by atoms with Gasteiger partial charge in [0.1, 0.15) is 0 Å². The Bertz CT molecular complexity index is 1680. The van der Waals surface area contributed by atoms with Crippen molar-refractivity contribution in [3.63, 3.8) is 0 Å². The average Bonchev–Trinajstić information content (AvgIpc) is 3.27. The molecule has 1 saturated heterocycles. The van der Waals surface area contributed by atoms with Crippen LogP contribution in [0.1, 0.15) is 258 Å². The first-order valence-corrected chi connectivity index (χ1v) is 28.8. The molecule has 404 valence electrons. The lowest BCUT2D eigenvalue weighted by atomic mass is 9.78. The topological polar surface area (TPSA) is 132 Å². The van der Waals surface area contributed by atoms with E-state index >= 15 is 0 Å². The zero-order chi connectivity index (χ0) is 52.3. The molecule has 0 spiro atoms. The Balaban J connectivity index is 1.98. The molecule has 0 saturated carbocycles. The molecule has 13 heteroatoms. The lowest BCUT2D eigenvalue weighted by Crippen LogP contribution is -2.62. The van der Waals surface area contributed by atoms with Crippen molar-refractivity contribution in [3.05, 3.63) is 11.6 Å². The molecule has 2 aromatic rings. The summed E-state index contributed by atoms with van der Waals surface area (Å²) in [5.74, 6) is 4.83. The van der Waals surface area contributed by atoms with Crippen molar-refractivity contribution in [2.24, 2.45) is 11.1 Å². The fraction of sp³-hybridized carbons (Fsp3) is 0.895. The Morgan fingerprint density at radius 2 is 0.957 bits per heavy atom. The second-order valence-corrected chi connectivity index (χ2v) is 24.6. The molecule has 0 amide bonds. The molecule has 0 bridgehead atoms. The molecule has 3 N–H and O–H groups in total. The average molecular weight is 979 g/mol. The highest BCUT2D eigenvalue weighted by atomic mass is 15.4. The highest BCUT2D eigenvalue weighted by Crippen LogP contribution is 2.36. The Morgan fingerprint density at radius 3 is 1.37 bits per heavy atom. The quantitative estimate of drug-likeness (QED) is 0.0646. The third-order valence-corrected chi connectivity index (χ3v) is 14.2. The van der Waals surface area contributed by atoms with E-state index in [4.69, 9.17) is 35.6 Å². The van der Waals surface area contributed by atoms with Gasteiger partial charge in [0.2, 0.25) is 23.8 Å². The fourth-order valence-corrected chi connectivity index (χ4v) is 10.6. The first-order chi connectivity index (χ1) is 32.9. The molecule has 0 radical (unpaired) electrons. The van der Waals surface area contributed by atoms with Gasteiger partial charge in [0, 0.05) is 68.5 Å². The van der Waals surface area contributed by atoms with Crippen molar-refractivity contribution >= 4 is 23.8 Å². The summed E-state index contributed by atoms with van der Waals surface area (Å²) in [5, 5.41) is 3.98. The Morgan fingerprint density at radius 1 is 0.543 bits per heavy atom. The molecule has 70 heavy (non-hydrogen) atoms. The second kappa shape index (κ2) is 29.1. The summed E-state index contributed by atoms with van der Waals surface area (Å²) in [5.41, 5.74) is 6.31. The number of piperidine rings is 1. The van der Waals surface area contributed by atoms with E-state index in [1.807, 2.05) is 13.8 Å². The van der Waals surface area contributed by atoms with E-state index in [-0.39, 0.29) is 28.6 Å². The molecule has 2 atom stereocenters. The van der Waals surface area contributed by atoms with Crippen LogP contribution in [0.4, 0.5) is 23.8 Å². The van der Waals surface area contributed by atoms with Crippen molar-refractivity contribution in [1.29, 1.82) is 0 Å². The van der Waals surface area contributed by atoms with Gasteiger partial charge in [-0.15, -0.1) is 0 Å². The number of hydrogen-bond acceptors (Lipinski definition) is 13. The van der Waals surface area contributed by atoms with Crippen LogP contribution < -0.4 is 30.7 Å². The smallest absolute Gasteiger partial charge is 0.230 e. The molecule has 2 aromatic heterocycles. The van der Waals surface area contributed by atoms with Crippen LogP contribution in [0.5, 0.6) is 0 Å². The van der Waals surface area contributed by atoms with E-state index in [2.05, 4.69) is 141 Å². The van der Waals surface area contributed by atoms with E-state index in [0.717, 1.165) is 191 Å². The van der Waals surface area contributed by atoms with Crippen molar-refractivity contribution < 1.29 is 0 Å². The van der Waals surface area contributed by atoms with Gasteiger partial charge in [-0.2, -0.15) is 29.9 Å². The summed E-state index contributed by atoms with van der Waals surface area (Å²) < 4.78 is 0. The second-order valence-electron chi connectivity index (χ2n) is 24.6. The molecule has 1 fully saturated rings. The zero-order valence-electron chi connectivity index (χ0n) is 49.0. The summed E-state index contributed by atoms with van der Waals surface area (Å²) >= 11 is 0. The van der Waals surface area contributed by atoms with Crippen LogP contribution in [0.25, 0.3) is 0 Å². The van der Waals surface area contributed by atoms with Gasteiger partial charge >= 0.3 is 0 Å². The molecule has 1 aliphatic heterocycles. The van der Waals surface area contributed by atoms with E-state index in [0.29, 0.717) is 17.9 Å². The molecule has 0 aromatic carbocycles. The Hall–Kier alpha value is -2.90. The number of anilines is 4. The maximum absolute atomic E-state index is 6.80. The van der Waals surface area contributed by atoms with Crippen LogP contribution in [-0.2, 0) is 5.54 Å². The highest BCUT2D eigenvalue weighted by molar-refractivity contribution is 5.42. The molecule has 2 unspecified atom stereocenters. The minimum absolute atomic E-state index is 0.0132. The summed E-state index contributed by atoms with van der Waals surface area (Å²) in [4.78, 5) is 44.4. The minimum Gasteiger partial charge on any atom is -0.341 e. The fourth-order valence-electron chi connectivity index (χ4n) is 10.6. The zero-order valence-corrected chi connectivity index (χ0v) is 49.0. The third-order valence-electron chi connectivity index (χ3n) is 14.2.